The normalized spacial score (nSPS) is 25.3. The molecule has 0 spiro atoms. The second-order valence-corrected chi connectivity index (χ2v) is 6.44. The summed E-state index contributed by atoms with van der Waals surface area (Å²) in [6.45, 7) is 5.66. The van der Waals surface area contributed by atoms with Crippen molar-refractivity contribution in [3.05, 3.63) is 47.5 Å². The Balaban J connectivity index is 1.56. The lowest BCUT2D eigenvalue weighted by Crippen LogP contribution is -2.42. The van der Waals surface area contributed by atoms with Crippen molar-refractivity contribution in [2.45, 2.75) is 44.9 Å². The van der Waals surface area contributed by atoms with Crippen LogP contribution in [0.5, 0.6) is 0 Å². The van der Waals surface area contributed by atoms with Crippen molar-refractivity contribution in [3.63, 3.8) is 0 Å². The molecule has 0 N–H and O–H groups in total. The highest BCUT2D eigenvalue weighted by atomic mass is 16.5. The van der Waals surface area contributed by atoms with Gasteiger partial charge in [-0.2, -0.15) is 0 Å². The number of aryl methyl sites for hydroxylation is 2. The number of rotatable bonds is 3. The molecule has 5 nitrogen and oxygen atoms in total. The summed E-state index contributed by atoms with van der Waals surface area (Å²) in [6.07, 6.45) is 5.55. The summed E-state index contributed by atoms with van der Waals surface area (Å²) in [5.74, 6) is 0.960. The van der Waals surface area contributed by atoms with Crippen LogP contribution in [0.2, 0.25) is 0 Å². The molecule has 1 aromatic heterocycles. The average molecular weight is 312 g/mol. The number of aromatic nitrogens is 3. The molecular weight excluding hydrogens is 288 g/mol. The summed E-state index contributed by atoms with van der Waals surface area (Å²) in [4.78, 5) is 2.58. The van der Waals surface area contributed by atoms with Crippen LogP contribution in [-0.2, 0) is 17.7 Å². The minimum Gasteiger partial charge on any atom is -0.368 e. The lowest BCUT2D eigenvalue weighted by atomic mass is 9.86. The molecule has 2 aliphatic rings. The van der Waals surface area contributed by atoms with Crippen molar-refractivity contribution in [2.75, 3.05) is 19.7 Å². The largest absolute Gasteiger partial charge is 0.368 e. The molecule has 2 heterocycles. The third-order valence-corrected chi connectivity index (χ3v) is 5.15. The lowest BCUT2D eigenvalue weighted by Gasteiger charge is -2.40. The van der Waals surface area contributed by atoms with Gasteiger partial charge < -0.3 is 9.30 Å². The van der Waals surface area contributed by atoms with E-state index in [1.807, 2.05) is 0 Å². The van der Waals surface area contributed by atoms with E-state index in [1.54, 1.807) is 6.33 Å². The van der Waals surface area contributed by atoms with Crippen molar-refractivity contribution in [1.29, 1.82) is 0 Å². The Morgan fingerprint density at radius 1 is 1.30 bits per heavy atom. The Morgan fingerprint density at radius 2 is 2.22 bits per heavy atom. The van der Waals surface area contributed by atoms with Crippen LogP contribution in [0.25, 0.3) is 0 Å². The van der Waals surface area contributed by atoms with Crippen LogP contribution in [0, 0.1) is 0 Å². The van der Waals surface area contributed by atoms with Crippen LogP contribution in [-0.4, -0.2) is 39.4 Å². The van der Waals surface area contributed by atoms with E-state index in [0.717, 1.165) is 32.1 Å². The standard InChI is InChI=1S/C18H24N4O/c1-2-21-13-19-20-18(21)17-12-22(10-11-23-17)16-9-5-7-14-6-3-4-8-15(14)16/h3-4,6,8,13,16-17H,2,5,7,9-12H2,1H3/t16-,17-/m0/s1. The van der Waals surface area contributed by atoms with Crippen molar-refractivity contribution < 1.29 is 4.74 Å². The topological polar surface area (TPSA) is 43.2 Å². The van der Waals surface area contributed by atoms with Crippen LogP contribution >= 0.6 is 0 Å². The first-order valence-corrected chi connectivity index (χ1v) is 8.68. The highest BCUT2D eigenvalue weighted by Gasteiger charge is 2.32. The minimum absolute atomic E-state index is 0.0280. The first kappa shape index (κ1) is 14.8. The fourth-order valence-electron chi connectivity index (χ4n) is 3.97. The first-order valence-electron chi connectivity index (χ1n) is 8.68. The third-order valence-electron chi connectivity index (χ3n) is 5.15. The molecule has 1 fully saturated rings. The molecule has 0 saturated carbocycles. The van der Waals surface area contributed by atoms with E-state index in [9.17, 15) is 0 Å². The lowest BCUT2D eigenvalue weighted by molar-refractivity contribution is -0.0532. The van der Waals surface area contributed by atoms with E-state index in [0.29, 0.717) is 6.04 Å². The van der Waals surface area contributed by atoms with Crippen molar-refractivity contribution in [1.82, 2.24) is 19.7 Å². The molecule has 2 aromatic rings. The highest BCUT2D eigenvalue weighted by Crippen LogP contribution is 2.36. The van der Waals surface area contributed by atoms with Crippen molar-refractivity contribution in [3.8, 4) is 0 Å². The van der Waals surface area contributed by atoms with Gasteiger partial charge in [0.25, 0.3) is 0 Å². The van der Waals surface area contributed by atoms with Crippen LogP contribution in [0.1, 0.15) is 48.9 Å². The summed E-state index contributed by atoms with van der Waals surface area (Å²) in [6, 6.07) is 9.44. The molecule has 1 aliphatic heterocycles. The Morgan fingerprint density at radius 3 is 3.13 bits per heavy atom. The van der Waals surface area contributed by atoms with Crippen LogP contribution in [0.3, 0.4) is 0 Å². The van der Waals surface area contributed by atoms with Crippen LogP contribution < -0.4 is 0 Å². The van der Waals surface area contributed by atoms with Gasteiger partial charge in [0.15, 0.2) is 5.82 Å². The molecule has 1 aromatic carbocycles. The summed E-state index contributed by atoms with van der Waals surface area (Å²) < 4.78 is 8.10. The van der Waals surface area contributed by atoms with Gasteiger partial charge in [-0.1, -0.05) is 24.3 Å². The summed E-state index contributed by atoms with van der Waals surface area (Å²) >= 11 is 0. The molecular formula is C18H24N4O. The molecule has 1 aliphatic carbocycles. The van der Waals surface area contributed by atoms with Gasteiger partial charge in [0.05, 0.1) is 6.61 Å². The zero-order chi connectivity index (χ0) is 15.6. The Bertz CT molecular complexity index is 669. The number of ether oxygens (including phenoxy) is 1. The molecule has 0 bridgehead atoms. The molecule has 0 unspecified atom stereocenters. The molecule has 2 atom stereocenters. The Labute approximate surface area is 137 Å². The Hall–Kier alpha value is -1.72. The third kappa shape index (κ3) is 2.79. The number of nitrogens with zero attached hydrogens (tertiary/aromatic N) is 4. The average Bonchev–Trinajstić information content (AvgIpc) is 3.10. The van der Waals surface area contributed by atoms with E-state index < -0.39 is 0 Å². The molecule has 122 valence electrons. The van der Waals surface area contributed by atoms with E-state index in [4.69, 9.17) is 4.74 Å². The summed E-state index contributed by atoms with van der Waals surface area (Å²) in [7, 11) is 0. The molecule has 5 heteroatoms. The number of morpholine rings is 1. The zero-order valence-corrected chi connectivity index (χ0v) is 13.7. The van der Waals surface area contributed by atoms with E-state index >= 15 is 0 Å². The van der Waals surface area contributed by atoms with Gasteiger partial charge in [-0.15, -0.1) is 10.2 Å². The number of benzene rings is 1. The van der Waals surface area contributed by atoms with Gasteiger partial charge in [-0.05, 0) is 37.3 Å². The van der Waals surface area contributed by atoms with Gasteiger partial charge in [0.2, 0.25) is 0 Å². The summed E-state index contributed by atoms with van der Waals surface area (Å²) in [5, 5.41) is 8.35. The molecule has 23 heavy (non-hydrogen) atoms. The maximum atomic E-state index is 6.01. The number of hydrogen-bond acceptors (Lipinski definition) is 4. The monoisotopic (exact) mass is 312 g/mol. The van der Waals surface area contributed by atoms with Crippen LogP contribution in [0.4, 0.5) is 0 Å². The van der Waals surface area contributed by atoms with Crippen molar-refractivity contribution in [2.24, 2.45) is 0 Å². The predicted molar refractivity (Wildman–Crippen MR) is 88.1 cm³/mol. The maximum Gasteiger partial charge on any atom is 0.163 e. The molecule has 1 saturated heterocycles. The predicted octanol–water partition coefficient (Wildman–Crippen LogP) is 2.75. The van der Waals surface area contributed by atoms with Gasteiger partial charge in [-0.25, -0.2) is 0 Å². The van der Waals surface area contributed by atoms with Gasteiger partial charge in [-0.3, -0.25) is 4.90 Å². The fraction of sp³-hybridized carbons (Fsp3) is 0.556. The molecule has 0 radical (unpaired) electrons. The maximum absolute atomic E-state index is 6.01. The zero-order valence-electron chi connectivity index (χ0n) is 13.7. The van der Waals surface area contributed by atoms with Gasteiger partial charge >= 0.3 is 0 Å². The van der Waals surface area contributed by atoms with Crippen LogP contribution in [0.15, 0.2) is 30.6 Å². The van der Waals surface area contributed by atoms with Gasteiger partial charge in [0, 0.05) is 25.7 Å². The smallest absolute Gasteiger partial charge is 0.163 e. The molecule has 4 rings (SSSR count). The number of hydrogen-bond donors (Lipinski definition) is 0. The molecule has 0 amide bonds. The van der Waals surface area contributed by atoms with E-state index in [1.165, 1.54) is 30.4 Å². The highest BCUT2D eigenvalue weighted by molar-refractivity contribution is 5.32. The van der Waals surface area contributed by atoms with Gasteiger partial charge in [0.1, 0.15) is 12.4 Å². The summed E-state index contributed by atoms with van der Waals surface area (Å²) in [5.41, 5.74) is 3.03. The fourth-order valence-corrected chi connectivity index (χ4v) is 3.97. The second kappa shape index (κ2) is 6.42. The van der Waals surface area contributed by atoms with Crippen molar-refractivity contribution >= 4 is 0 Å². The SMILES string of the molecule is CCn1cnnc1[C@@H]1CN([C@H]2CCCc3ccccc32)CCO1. The quantitative estimate of drug-likeness (QED) is 0.874. The first-order chi connectivity index (χ1) is 11.4. The van der Waals surface area contributed by atoms with E-state index in [2.05, 4.69) is 50.9 Å². The Kier molecular flexibility index (Phi) is 4.14. The minimum atomic E-state index is 0.0280. The second-order valence-electron chi connectivity index (χ2n) is 6.44. The van der Waals surface area contributed by atoms with E-state index in [-0.39, 0.29) is 6.10 Å². The number of fused-ring (bicyclic) bond motifs is 1.